The van der Waals surface area contributed by atoms with Gasteiger partial charge in [-0.3, -0.25) is 4.79 Å². The van der Waals surface area contributed by atoms with E-state index in [1.165, 1.54) is 0 Å². The van der Waals surface area contributed by atoms with Crippen LogP contribution in [0.4, 0.5) is 19.1 Å². The first-order valence-corrected chi connectivity index (χ1v) is 12.8. The van der Waals surface area contributed by atoms with Crippen molar-refractivity contribution in [3.8, 4) is 0 Å². The van der Waals surface area contributed by atoms with E-state index in [9.17, 15) is 26.4 Å². The minimum atomic E-state index is -5.08. The molecule has 2 N–H and O–H groups in total. The Bertz CT molecular complexity index is 1210. The van der Waals surface area contributed by atoms with Gasteiger partial charge in [0, 0.05) is 37.7 Å². The fraction of sp³-hybridized carbons (Fsp3) is 0.455. The number of likely N-dealkylation sites (tertiary alicyclic amines) is 1. The summed E-state index contributed by atoms with van der Waals surface area (Å²) in [7, 11) is -3.36. The quantitative estimate of drug-likeness (QED) is 0.592. The summed E-state index contributed by atoms with van der Waals surface area (Å²) in [5.74, 6) is -3.06. The highest BCUT2D eigenvalue weighted by Gasteiger charge is 2.46. The molecule has 0 saturated carbocycles. The molecular weight excluding hydrogens is 505 g/mol. The van der Waals surface area contributed by atoms with E-state index in [1.807, 2.05) is 30.3 Å². The minimum absolute atomic E-state index is 0.368. The van der Waals surface area contributed by atoms with Crippen molar-refractivity contribution < 1.29 is 41.0 Å². The maximum Gasteiger partial charge on any atom is 0.490 e. The van der Waals surface area contributed by atoms with Gasteiger partial charge in [-0.05, 0) is 12.0 Å². The van der Waals surface area contributed by atoms with E-state index in [4.69, 9.17) is 19.6 Å². The number of carboxylic acids is 1. The van der Waals surface area contributed by atoms with E-state index in [0.717, 1.165) is 23.1 Å². The van der Waals surface area contributed by atoms with Crippen LogP contribution in [0.5, 0.6) is 0 Å². The Morgan fingerprint density at radius 3 is 2.53 bits per heavy atom. The summed E-state index contributed by atoms with van der Waals surface area (Å²) >= 11 is 0. The molecule has 196 valence electrons. The highest BCUT2D eigenvalue weighted by Crippen LogP contribution is 2.39. The van der Waals surface area contributed by atoms with Crippen LogP contribution >= 0.6 is 0 Å². The minimum Gasteiger partial charge on any atom is -0.475 e. The fourth-order valence-corrected chi connectivity index (χ4v) is 4.60. The zero-order chi connectivity index (χ0) is 26.6. The molecule has 2 aliphatic rings. The van der Waals surface area contributed by atoms with E-state index in [2.05, 4.69) is 10.3 Å². The molecule has 2 aliphatic heterocycles. The van der Waals surface area contributed by atoms with E-state index in [-0.39, 0.29) is 5.91 Å². The number of nitrogens with zero attached hydrogens (tertiary/aromatic N) is 3. The molecule has 3 heterocycles. The molecular formula is C22H25F3N4O6S. The number of hydrogen-bond donors (Lipinski definition) is 2. The van der Waals surface area contributed by atoms with Crippen LogP contribution in [0.3, 0.4) is 0 Å². The molecule has 0 radical (unpaired) electrons. The topological polar surface area (TPSA) is 139 Å². The number of nitrogens with one attached hydrogen (secondary N) is 1. The second-order valence-corrected chi connectivity index (χ2v) is 10.8. The first kappa shape index (κ1) is 27.3. The number of alkyl halides is 3. The van der Waals surface area contributed by atoms with Gasteiger partial charge in [-0.25, -0.2) is 23.2 Å². The smallest absolute Gasteiger partial charge is 0.475 e. The van der Waals surface area contributed by atoms with Crippen LogP contribution in [0.2, 0.25) is 0 Å². The lowest BCUT2D eigenvalue weighted by Gasteiger charge is -2.34. The molecule has 4 rings (SSSR count). The number of hydrogen-bond acceptors (Lipinski definition) is 8. The third kappa shape index (κ3) is 7.13. The molecule has 1 saturated heterocycles. The van der Waals surface area contributed by atoms with Gasteiger partial charge in [0.2, 0.25) is 11.9 Å². The Balaban J connectivity index is 0.000000454. The van der Waals surface area contributed by atoms with Gasteiger partial charge >= 0.3 is 12.1 Å². The third-order valence-corrected chi connectivity index (χ3v) is 6.40. The summed E-state index contributed by atoms with van der Waals surface area (Å²) in [6, 6.07) is 10.0. The lowest BCUT2D eigenvalue weighted by Crippen LogP contribution is -2.42. The van der Waals surface area contributed by atoms with E-state index < -0.39 is 33.2 Å². The second kappa shape index (κ2) is 10.8. The van der Waals surface area contributed by atoms with Crippen molar-refractivity contribution >= 4 is 27.7 Å². The molecule has 1 unspecified atom stereocenters. The van der Waals surface area contributed by atoms with E-state index in [0.29, 0.717) is 45.2 Å². The van der Waals surface area contributed by atoms with Gasteiger partial charge in [0.1, 0.15) is 5.75 Å². The van der Waals surface area contributed by atoms with Crippen molar-refractivity contribution in [1.29, 1.82) is 0 Å². The molecule has 14 heteroatoms. The Labute approximate surface area is 205 Å². The molecule has 1 amide bonds. The van der Waals surface area contributed by atoms with Crippen LogP contribution in [0.25, 0.3) is 0 Å². The normalized spacial score (nSPS) is 19.3. The number of ether oxygens (including phenoxy) is 1. The average molecular weight is 531 g/mol. The maximum atomic E-state index is 12.4. The number of sulfone groups is 1. The van der Waals surface area contributed by atoms with Crippen LogP contribution in [0.1, 0.15) is 23.2 Å². The highest BCUT2D eigenvalue weighted by atomic mass is 32.2. The van der Waals surface area contributed by atoms with Crippen LogP contribution < -0.4 is 5.32 Å². The second-order valence-electron chi connectivity index (χ2n) is 8.62. The fourth-order valence-electron chi connectivity index (χ4n) is 3.97. The number of benzene rings is 1. The van der Waals surface area contributed by atoms with Gasteiger partial charge in [0.15, 0.2) is 9.84 Å². The summed E-state index contributed by atoms with van der Waals surface area (Å²) < 4.78 is 60.5. The molecule has 0 aliphatic carbocycles. The summed E-state index contributed by atoms with van der Waals surface area (Å²) in [5, 5.41) is 10.4. The molecule has 1 spiro atoms. The van der Waals surface area contributed by atoms with Crippen molar-refractivity contribution in [2.24, 2.45) is 0 Å². The van der Waals surface area contributed by atoms with Gasteiger partial charge in [-0.2, -0.15) is 13.2 Å². The monoisotopic (exact) mass is 530 g/mol. The number of anilines is 1. The van der Waals surface area contributed by atoms with Gasteiger partial charge in [0.25, 0.3) is 0 Å². The number of fused-ring (bicyclic) bond motifs is 2. The molecule has 1 aromatic heterocycles. The van der Waals surface area contributed by atoms with Gasteiger partial charge in [-0.15, -0.1) is 0 Å². The first-order valence-electron chi connectivity index (χ1n) is 10.8. The maximum absolute atomic E-state index is 12.4. The largest absolute Gasteiger partial charge is 0.490 e. The number of carbonyl (C=O) groups is 2. The third-order valence-electron chi connectivity index (χ3n) is 5.63. The molecule has 1 atom stereocenters. The van der Waals surface area contributed by atoms with Crippen molar-refractivity contribution in [1.82, 2.24) is 14.9 Å². The van der Waals surface area contributed by atoms with Crippen LogP contribution in [-0.2, 0) is 42.7 Å². The van der Waals surface area contributed by atoms with Crippen molar-refractivity contribution in [2.45, 2.75) is 31.2 Å². The van der Waals surface area contributed by atoms with Crippen LogP contribution in [0.15, 0.2) is 36.5 Å². The number of carboxylic acid groups (broad SMARTS) is 1. The zero-order valence-electron chi connectivity index (χ0n) is 19.3. The van der Waals surface area contributed by atoms with Crippen molar-refractivity contribution in [3.63, 3.8) is 0 Å². The lowest BCUT2D eigenvalue weighted by atomic mass is 9.80. The van der Waals surface area contributed by atoms with Crippen molar-refractivity contribution in [2.75, 3.05) is 37.0 Å². The summed E-state index contributed by atoms with van der Waals surface area (Å²) in [6.07, 6.45) is -1.55. The Morgan fingerprint density at radius 2 is 1.92 bits per heavy atom. The predicted molar refractivity (Wildman–Crippen MR) is 122 cm³/mol. The molecule has 10 nitrogen and oxygen atoms in total. The molecule has 1 fully saturated rings. The van der Waals surface area contributed by atoms with Crippen molar-refractivity contribution in [3.05, 3.63) is 53.3 Å². The summed E-state index contributed by atoms with van der Waals surface area (Å²) in [4.78, 5) is 32.1. The predicted octanol–water partition coefficient (Wildman–Crippen LogP) is 1.77. The van der Waals surface area contributed by atoms with Gasteiger partial charge in [-0.1, -0.05) is 30.3 Å². The van der Waals surface area contributed by atoms with E-state index in [1.54, 1.807) is 11.1 Å². The van der Waals surface area contributed by atoms with E-state index >= 15 is 0 Å². The Kier molecular flexibility index (Phi) is 8.19. The molecule has 36 heavy (non-hydrogen) atoms. The molecule has 2 aromatic rings. The number of aliphatic carboxylic acids is 1. The summed E-state index contributed by atoms with van der Waals surface area (Å²) in [5.41, 5.74) is 2.51. The standard InChI is InChI=1S/C20H24N4O4S.C2HF3O2/c1-29(26,27)12-17(25)24-8-7-20(13-24)14-28-11-16-10-22-19(23-18(16)20)21-9-15-5-3-2-4-6-15;3-2(4,5)1(6)7/h2-6,10H,7-9,11-14H2,1H3,(H,21,22,23);(H,6,7). The number of carbonyl (C=O) groups excluding carboxylic acids is 1. The number of amides is 1. The van der Waals surface area contributed by atoms with Crippen LogP contribution in [0, 0.1) is 0 Å². The summed E-state index contributed by atoms with van der Waals surface area (Å²) in [6.45, 7) is 2.41. The van der Waals surface area contributed by atoms with Gasteiger partial charge < -0.3 is 20.1 Å². The zero-order valence-corrected chi connectivity index (χ0v) is 20.1. The van der Waals surface area contributed by atoms with Crippen LogP contribution in [-0.4, -0.2) is 78.1 Å². The molecule has 0 bridgehead atoms. The molecule has 1 aromatic carbocycles. The average Bonchev–Trinajstić information content (AvgIpc) is 3.22. The lowest BCUT2D eigenvalue weighted by molar-refractivity contribution is -0.192. The highest BCUT2D eigenvalue weighted by molar-refractivity contribution is 7.91. The number of rotatable bonds is 5. The number of halogens is 3. The Hall–Kier alpha value is -3.26. The Morgan fingerprint density at radius 1 is 1.25 bits per heavy atom. The SMILES string of the molecule is CS(=O)(=O)CC(=O)N1CCC2(COCc3cnc(NCc4ccccc4)nc32)C1.O=C(O)C(F)(F)F. The number of aromatic nitrogens is 2. The van der Waals surface area contributed by atoms with Gasteiger partial charge in [0.05, 0.1) is 24.3 Å². The first-order chi connectivity index (χ1) is 16.8.